The highest BCUT2D eigenvalue weighted by Gasteiger charge is 2.25. The number of carbonyl (C=O) groups is 1. The second-order valence-electron chi connectivity index (χ2n) is 9.48. The van der Waals surface area contributed by atoms with Crippen molar-refractivity contribution in [3.05, 3.63) is 11.6 Å². The van der Waals surface area contributed by atoms with Crippen LogP contribution in [0.2, 0.25) is 25.7 Å². The number of esters is 1. The van der Waals surface area contributed by atoms with Crippen molar-refractivity contribution in [3.8, 4) is 0 Å². The minimum Gasteiger partial charge on any atom is -0.465 e. The molecule has 0 saturated heterocycles. The molecule has 4 nitrogen and oxygen atoms in total. The van der Waals surface area contributed by atoms with Crippen LogP contribution >= 0.6 is 0 Å². The maximum absolute atomic E-state index is 11.8. The molecule has 0 saturated carbocycles. The summed E-state index contributed by atoms with van der Waals surface area (Å²) in [7, 11) is -1.27. The summed E-state index contributed by atoms with van der Waals surface area (Å²) >= 11 is 0. The van der Waals surface area contributed by atoms with E-state index in [0.717, 1.165) is 12.5 Å². The summed E-state index contributed by atoms with van der Waals surface area (Å²) in [5.74, 6) is -0.180. The molecule has 0 aliphatic carbocycles. The van der Waals surface area contributed by atoms with E-state index >= 15 is 0 Å². The van der Waals surface area contributed by atoms with Crippen molar-refractivity contribution in [1.82, 2.24) is 0 Å². The van der Waals surface area contributed by atoms with Gasteiger partial charge in [0.05, 0.1) is 23.7 Å². The average Bonchev–Trinajstić information content (AvgIpc) is 2.35. The molecule has 0 radical (unpaired) electrons. The molecular formula is C19H38O4Si. The lowest BCUT2D eigenvalue weighted by Crippen LogP contribution is -2.35. The molecule has 0 aliphatic heterocycles. The van der Waals surface area contributed by atoms with E-state index in [-0.39, 0.29) is 5.97 Å². The van der Waals surface area contributed by atoms with Gasteiger partial charge in [0.15, 0.2) is 0 Å². The highest BCUT2D eigenvalue weighted by Crippen LogP contribution is 2.24. The third kappa shape index (κ3) is 11.0. The first-order valence-electron chi connectivity index (χ1n) is 8.88. The molecule has 0 aromatic rings. The van der Waals surface area contributed by atoms with E-state index in [1.807, 2.05) is 20.8 Å². The van der Waals surface area contributed by atoms with Gasteiger partial charge < -0.3 is 14.9 Å². The van der Waals surface area contributed by atoms with E-state index in [0.29, 0.717) is 19.4 Å². The molecule has 0 aromatic carbocycles. The van der Waals surface area contributed by atoms with Gasteiger partial charge in [0.1, 0.15) is 0 Å². The number of aliphatic hydroxyl groups is 2. The molecule has 0 unspecified atom stereocenters. The van der Waals surface area contributed by atoms with Crippen LogP contribution in [-0.4, -0.2) is 42.6 Å². The van der Waals surface area contributed by atoms with Crippen molar-refractivity contribution < 1.29 is 19.7 Å². The fraction of sp³-hybridized carbons (Fsp3) is 0.842. The summed E-state index contributed by atoms with van der Waals surface area (Å²) in [5, 5.41) is 19.9. The van der Waals surface area contributed by atoms with Gasteiger partial charge in [-0.1, -0.05) is 31.3 Å². The van der Waals surface area contributed by atoms with Crippen molar-refractivity contribution >= 4 is 14.0 Å². The van der Waals surface area contributed by atoms with Crippen LogP contribution in [0.25, 0.3) is 0 Å². The van der Waals surface area contributed by atoms with E-state index in [1.165, 1.54) is 5.57 Å². The lowest BCUT2D eigenvalue weighted by Gasteiger charge is -2.26. The van der Waals surface area contributed by atoms with E-state index < -0.39 is 25.2 Å². The van der Waals surface area contributed by atoms with Gasteiger partial charge >= 0.3 is 5.97 Å². The van der Waals surface area contributed by atoms with Gasteiger partial charge in [-0.2, -0.15) is 0 Å². The zero-order chi connectivity index (χ0) is 19.2. The Morgan fingerprint density at radius 1 is 1.17 bits per heavy atom. The highest BCUT2D eigenvalue weighted by molar-refractivity contribution is 6.76. The Balaban J connectivity index is 4.63. The number of hydrogen-bond donors (Lipinski definition) is 2. The van der Waals surface area contributed by atoms with Gasteiger partial charge in [0, 0.05) is 8.07 Å². The Kier molecular flexibility index (Phi) is 8.91. The summed E-state index contributed by atoms with van der Waals surface area (Å²) in [6.07, 6.45) is 3.41. The molecule has 5 heteroatoms. The second kappa shape index (κ2) is 9.16. The molecule has 0 spiro atoms. The Bertz CT molecular complexity index is 422. The largest absolute Gasteiger partial charge is 0.465 e. The van der Waals surface area contributed by atoms with Gasteiger partial charge in [-0.15, -0.1) is 0 Å². The predicted molar refractivity (Wildman–Crippen MR) is 103 cm³/mol. The van der Waals surface area contributed by atoms with Crippen molar-refractivity contribution in [3.63, 3.8) is 0 Å². The molecule has 0 rings (SSSR count). The van der Waals surface area contributed by atoms with Crippen LogP contribution in [0.1, 0.15) is 53.9 Å². The number of aliphatic hydroxyl groups excluding tert-OH is 1. The molecule has 142 valence electrons. The molecule has 0 aromatic heterocycles. The molecule has 24 heavy (non-hydrogen) atoms. The summed E-state index contributed by atoms with van der Waals surface area (Å²) in [6, 6.07) is 1.05. The normalized spacial score (nSPS) is 15.3. The second-order valence-corrected chi connectivity index (χ2v) is 15.0. The van der Waals surface area contributed by atoms with Crippen molar-refractivity contribution in [2.24, 2.45) is 5.41 Å². The number of ether oxygens (including phenoxy) is 1. The third-order valence-electron chi connectivity index (χ3n) is 3.71. The Hall–Kier alpha value is -0.653. The summed E-state index contributed by atoms with van der Waals surface area (Å²) in [6.45, 7) is 16.1. The molecule has 0 bridgehead atoms. The number of hydrogen-bond acceptors (Lipinski definition) is 4. The quantitative estimate of drug-likeness (QED) is 0.281. The minimum atomic E-state index is -1.27. The van der Waals surface area contributed by atoms with E-state index in [1.54, 1.807) is 13.8 Å². The fourth-order valence-corrected chi connectivity index (χ4v) is 3.93. The maximum Gasteiger partial charge on any atom is 0.311 e. The topological polar surface area (TPSA) is 66.8 Å². The monoisotopic (exact) mass is 358 g/mol. The van der Waals surface area contributed by atoms with Gasteiger partial charge in [0.25, 0.3) is 0 Å². The summed E-state index contributed by atoms with van der Waals surface area (Å²) in [4.78, 5) is 11.8. The SMILES string of the molecule is CC(C)(C)C(=O)OCC/C=C(/CC[C@H](O)C(C)(C)O)C[Si](C)(C)C. The fourth-order valence-electron chi connectivity index (χ4n) is 2.25. The van der Waals surface area contributed by atoms with Crippen LogP contribution in [0.5, 0.6) is 0 Å². The first-order valence-corrected chi connectivity index (χ1v) is 12.6. The van der Waals surface area contributed by atoms with Gasteiger partial charge in [-0.05, 0) is 59.9 Å². The maximum atomic E-state index is 11.8. The number of allylic oxidation sites excluding steroid dienone is 1. The molecule has 0 amide bonds. The van der Waals surface area contributed by atoms with Crippen LogP contribution in [0.4, 0.5) is 0 Å². The number of carbonyl (C=O) groups excluding carboxylic acids is 1. The standard InChI is InChI=1S/C19H38O4Si/c1-18(2,3)17(21)23-13-9-10-15(14-24(6,7)8)11-12-16(20)19(4,5)22/h10,16,20,22H,9,11-14H2,1-8H3/b15-10-/t16-/m0/s1. The molecule has 2 N–H and O–H groups in total. The molecular weight excluding hydrogens is 320 g/mol. The lowest BCUT2D eigenvalue weighted by atomic mass is 9.95. The van der Waals surface area contributed by atoms with Crippen LogP contribution in [-0.2, 0) is 9.53 Å². The van der Waals surface area contributed by atoms with Crippen LogP contribution in [0, 0.1) is 5.41 Å². The van der Waals surface area contributed by atoms with E-state index in [4.69, 9.17) is 4.74 Å². The predicted octanol–water partition coefficient (Wildman–Crippen LogP) is 4.14. The lowest BCUT2D eigenvalue weighted by molar-refractivity contribution is -0.152. The van der Waals surface area contributed by atoms with Crippen LogP contribution < -0.4 is 0 Å². The smallest absolute Gasteiger partial charge is 0.311 e. The van der Waals surface area contributed by atoms with Gasteiger partial charge in [-0.3, -0.25) is 4.79 Å². The third-order valence-corrected chi connectivity index (χ3v) is 5.22. The van der Waals surface area contributed by atoms with Crippen LogP contribution in [0.15, 0.2) is 11.6 Å². The van der Waals surface area contributed by atoms with Gasteiger partial charge in [0.2, 0.25) is 0 Å². The number of rotatable bonds is 9. The van der Waals surface area contributed by atoms with Crippen LogP contribution in [0.3, 0.4) is 0 Å². The minimum absolute atomic E-state index is 0.180. The Labute approximate surface area is 149 Å². The molecule has 1 atom stereocenters. The zero-order valence-corrected chi connectivity index (χ0v) is 17.9. The highest BCUT2D eigenvalue weighted by atomic mass is 28.3. The van der Waals surface area contributed by atoms with Gasteiger partial charge in [-0.25, -0.2) is 0 Å². The first-order chi connectivity index (χ1) is 10.6. The van der Waals surface area contributed by atoms with Crippen molar-refractivity contribution in [1.29, 1.82) is 0 Å². The zero-order valence-electron chi connectivity index (χ0n) is 16.9. The summed E-state index contributed by atoms with van der Waals surface area (Å²) < 4.78 is 5.31. The van der Waals surface area contributed by atoms with Crippen molar-refractivity contribution in [2.45, 2.75) is 91.3 Å². The Morgan fingerprint density at radius 3 is 2.12 bits per heavy atom. The Morgan fingerprint density at radius 2 is 1.71 bits per heavy atom. The molecule has 0 heterocycles. The van der Waals surface area contributed by atoms with Crippen molar-refractivity contribution in [2.75, 3.05) is 6.61 Å². The summed E-state index contributed by atoms with van der Waals surface area (Å²) in [5.41, 5.74) is -0.252. The van der Waals surface area contributed by atoms with E-state index in [9.17, 15) is 15.0 Å². The first kappa shape index (κ1) is 23.3. The van der Waals surface area contributed by atoms with E-state index in [2.05, 4.69) is 25.7 Å². The molecule has 0 fully saturated rings. The molecule has 0 aliphatic rings. The average molecular weight is 359 g/mol.